The SMILES string of the molecule is [Cl-].[Cl-].[Zr+3].c1cc(-c2ccc(C34CC5CC(CC(C5)C3)C4)cc2)c2cc(CC3CCCCCC3)[cH-]c2c1. The van der Waals surface area contributed by atoms with E-state index in [1.807, 2.05) is 0 Å². The molecule has 5 fully saturated rings. The van der Waals surface area contributed by atoms with Crippen molar-refractivity contribution in [2.75, 3.05) is 0 Å². The molecule has 4 bridgehead atoms. The Morgan fingerprint density at radius 2 is 1.36 bits per heavy atom. The van der Waals surface area contributed by atoms with Crippen molar-refractivity contribution < 1.29 is 51.0 Å². The average molecular weight is 598 g/mol. The first-order valence-corrected chi connectivity index (χ1v) is 14.0. The number of fused-ring (bicyclic) bond motifs is 1. The third kappa shape index (κ3) is 5.33. The predicted octanol–water partition coefficient (Wildman–Crippen LogP) is 3.21. The summed E-state index contributed by atoms with van der Waals surface area (Å²) in [5.41, 5.74) is 6.55. The zero-order chi connectivity index (χ0) is 21.8. The van der Waals surface area contributed by atoms with Gasteiger partial charge in [-0.15, -0.1) is 34.5 Å². The maximum atomic E-state index is 2.52. The van der Waals surface area contributed by atoms with Crippen LogP contribution in [0.25, 0.3) is 21.9 Å². The second-order valence-corrected chi connectivity index (χ2v) is 12.5. The normalized spacial score (nSPS) is 29.2. The van der Waals surface area contributed by atoms with Crippen molar-refractivity contribution in [3.8, 4) is 11.1 Å². The molecule has 3 aromatic rings. The van der Waals surface area contributed by atoms with Crippen LogP contribution in [0.4, 0.5) is 0 Å². The number of hydrogen-bond acceptors (Lipinski definition) is 0. The Kier molecular flexibility index (Phi) is 9.28. The van der Waals surface area contributed by atoms with E-state index < -0.39 is 0 Å². The summed E-state index contributed by atoms with van der Waals surface area (Å²) in [6.45, 7) is 0. The molecule has 0 atom stereocenters. The maximum absolute atomic E-state index is 2.52. The van der Waals surface area contributed by atoms with Gasteiger partial charge in [0.1, 0.15) is 0 Å². The van der Waals surface area contributed by atoms with Gasteiger partial charge in [0.2, 0.25) is 0 Å². The van der Waals surface area contributed by atoms with Gasteiger partial charge < -0.3 is 24.8 Å². The van der Waals surface area contributed by atoms with E-state index in [2.05, 4.69) is 54.6 Å². The summed E-state index contributed by atoms with van der Waals surface area (Å²) in [7, 11) is 0. The number of halogens is 2. The van der Waals surface area contributed by atoms with Crippen LogP contribution in [-0.4, -0.2) is 0 Å². The molecule has 0 nitrogen and oxygen atoms in total. The van der Waals surface area contributed by atoms with Gasteiger partial charge in [-0.25, -0.2) is 0 Å². The molecule has 1 radical (unpaired) electrons. The van der Waals surface area contributed by atoms with Gasteiger partial charge in [-0.1, -0.05) is 74.4 Å². The third-order valence-electron chi connectivity index (χ3n) is 10.2. The summed E-state index contributed by atoms with van der Waals surface area (Å²) in [5, 5.41) is 2.89. The van der Waals surface area contributed by atoms with E-state index >= 15 is 0 Å². The Morgan fingerprint density at radius 1 is 0.750 bits per heavy atom. The van der Waals surface area contributed by atoms with Crippen LogP contribution in [0.5, 0.6) is 0 Å². The summed E-state index contributed by atoms with van der Waals surface area (Å²) in [4.78, 5) is 0. The molecule has 0 saturated heterocycles. The molecule has 3 heteroatoms. The van der Waals surface area contributed by atoms with Crippen molar-refractivity contribution in [1.29, 1.82) is 0 Å². The molecule has 0 aliphatic heterocycles. The number of rotatable bonds is 4. The Labute approximate surface area is 249 Å². The van der Waals surface area contributed by atoms with E-state index in [-0.39, 0.29) is 51.0 Å². The maximum Gasteiger partial charge on any atom is 3.00 e. The standard InChI is InChI=1S/C33H39.2ClH.Zr/c1-2-4-7-23(6-3-1)14-24-18-29-8-5-9-31(32(29)19-24)28-10-12-30(13-11-28)33-20-25-15-26(21-33)17-27(16-25)22-33;;;/h5,8-13,18-19,23,25-27H,1-4,6-7,14-17,20-22H2;2*1H;/q-1;;;+3/p-2. The summed E-state index contributed by atoms with van der Waals surface area (Å²) in [5.74, 6) is 3.94. The van der Waals surface area contributed by atoms with Crippen LogP contribution in [0.1, 0.15) is 88.2 Å². The molecule has 3 aromatic carbocycles. The van der Waals surface area contributed by atoms with Crippen LogP contribution in [0.2, 0.25) is 0 Å². The fourth-order valence-electron chi connectivity index (χ4n) is 9.04. The van der Waals surface area contributed by atoms with Crippen molar-refractivity contribution in [1.82, 2.24) is 0 Å². The molecule has 5 saturated carbocycles. The van der Waals surface area contributed by atoms with Crippen LogP contribution >= 0.6 is 0 Å². The molecular formula is C33H39Cl2Zr. The van der Waals surface area contributed by atoms with E-state index in [0.717, 1.165) is 23.7 Å². The summed E-state index contributed by atoms with van der Waals surface area (Å²) in [6, 6.07) is 21.8. The van der Waals surface area contributed by atoms with Crippen molar-refractivity contribution in [3.63, 3.8) is 0 Å². The number of benzene rings is 2. The molecule has 0 amide bonds. The van der Waals surface area contributed by atoms with Gasteiger partial charge in [0.15, 0.2) is 0 Å². The predicted molar refractivity (Wildman–Crippen MR) is 140 cm³/mol. The van der Waals surface area contributed by atoms with Gasteiger partial charge in [-0.05, 0) is 85.2 Å². The fourth-order valence-corrected chi connectivity index (χ4v) is 9.04. The van der Waals surface area contributed by atoms with Gasteiger partial charge >= 0.3 is 26.2 Å². The van der Waals surface area contributed by atoms with Crippen LogP contribution in [0.15, 0.2) is 54.6 Å². The molecule has 0 heterocycles. The minimum atomic E-state index is 0. The van der Waals surface area contributed by atoms with Crippen LogP contribution in [-0.2, 0) is 38.0 Å². The topological polar surface area (TPSA) is 0 Å². The molecular weight excluding hydrogens is 558 g/mol. The van der Waals surface area contributed by atoms with Crippen LogP contribution < -0.4 is 24.8 Å². The first-order chi connectivity index (χ1) is 16.2. The minimum absolute atomic E-state index is 0. The van der Waals surface area contributed by atoms with Crippen molar-refractivity contribution in [3.05, 3.63) is 65.7 Å². The Morgan fingerprint density at radius 3 is 1.97 bits per heavy atom. The molecule has 189 valence electrons. The quantitative estimate of drug-likeness (QED) is 0.320. The average Bonchev–Trinajstić information content (AvgIpc) is 3.05. The molecule has 0 aromatic heterocycles. The minimum Gasteiger partial charge on any atom is -1.00 e. The molecule has 36 heavy (non-hydrogen) atoms. The van der Waals surface area contributed by atoms with Gasteiger partial charge in [0.25, 0.3) is 0 Å². The second-order valence-electron chi connectivity index (χ2n) is 12.5. The van der Waals surface area contributed by atoms with E-state index in [1.54, 1.807) is 11.1 Å². The molecule has 5 aliphatic rings. The number of hydrogen-bond donors (Lipinski definition) is 0. The van der Waals surface area contributed by atoms with E-state index in [0.29, 0.717) is 5.41 Å². The summed E-state index contributed by atoms with van der Waals surface area (Å²) in [6.07, 6.45) is 18.9. The van der Waals surface area contributed by atoms with Crippen molar-refractivity contribution in [2.24, 2.45) is 23.7 Å². The van der Waals surface area contributed by atoms with Gasteiger partial charge in [0, 0.05) is 0 Å². The molecule has 0 N–H and O–H groups in total. The molecule has 5 aliphatic carbocycles. The third-order valence-corrected chi connectivity index (χ3v) is 10.2. The van der Waals surface area contributed by atoms with E-state index in [9.17, 15) is 0 Å². The smallest absolute Gasteiger partial charge is 1.00 e. The van der Waals surface area contributed by atoms with Crippen molar-refractivity contribution in [2.45, 2.75) is 88.9 Å². The summed E-state index contributed by atoms with van der Waals surface area (Å²) < 4.78 is 0. The van der Waals surface area contributed by atoms with Crippen molar-refractivity contribution >= 4 is 10.8 Å². The Bertz CT molecular complexity index is 1100. The Balaban J connectivity index is 0.00000101. The summed E-state index contributed by atoms with van der Waals surface area (Å²) >= 11 is 0. The second kappa shape index (κ2) is 11.7. The van der Waals surface area contributed by atoms with Gasteiger partial charge in [0.05, 0.1) is 0 Å². The monoisotopic (exact) mass is 595 g/mol. The van der Waals surface area contributed by atoms with E-state index in [4.69, 9.17) is 0 Å². The Hall–Kier alpha value is -0.487. The fraction of sp³-hybridized carbons (Fsp3) is 0.545. The largest absolute Gasteiger partial charge is 3.00 e. The first kappa shape index (κ1) is 28.5. The van der Waals surface area contributed by atoms with Crippen LogP contribution in [0.3, 0.4) is 0 Å². The van der Waals surface area contributed by atoms with Gasteiger partial charge in [-0.3, -0.25) is 0 Å². The zero-order valence-corrected chi connectivity index (χ0v) is 25.4. The molecule has 0 spiro atoms. The molecule has 0 unspecified atom stereocenters. The molecule has 8 rings (SSSR count). The van der Waals surface area contributed by atoms with Gasteiger partial charge in [-0.2, -0.15) is 6.07 Å². The van der Waals surface area contributed by atoms with Crippen LogP contribution in [0, 0.1) is 23.7 Å². The zero-order valence-electron chi connectivity index (χ0n) is 21.5. The first-order valence-electron chi connectivity index (χ1n) is 14.0. The van der Waals surface area contributed by atoms with E-state index in [1.165, 1.54) is 105 Å².